The summed E-state index contributed by atoms with van der Waals surface area (Å²) in [5, 5.41) is 15.0. The third-order valence-corrected chi connectivity index (χ3v) is 8.12. The summed E-state index contributed by atoms with van der Waals surface area (Å²) in [6.45, 7) is 5.73. The number of phenolic OH excluding ortho intramolecular Hbond substituents is 1. The summed E-state index contributed by atoms with van der Waals surface area (Å²) in [7, 11) is 0. The first-order valence-electron chi connectivity index (χ1n) is 12.9. The van der Waals surface area contributed by atoms with Crippen molar-refractivity contribution in [2.75, 3.05) is 19.7 Å². The van der Waals surface area contributed by atoms with Crippen molar-refractivity contribution in [1.29, 1.82) is 0 Å². The molecule has 2 N–H and O–H groups in total. The molecular weight excluding hydrogens is 518 g/mol. The average molecular weight is 549 g/mol. The lowest BCUT2D eigenvalue weighted by Crippen LogP contribution is -2.20. The molecule has 0 fully saturated rings. The van der Waals surface area contributed by atoms with Gasteiger partial charge in [-0.1, -0.05) is 18.2 Å². The van der Waals surface area contributed by atoms with E-state index in [0.717, 1.165) is 57.9 Å². The van der Waals surface area contributed by atoms with Crippen LogP contribution in [0.15, 0.2) is 65.6 Å². The normalized spacial score (nSPS) is 13.5. The number of aryl methyl sites for hydroxylation is 1. The van der Waals surface area contributed by atoms with E-state index in [0.29, 0.717) is 23.2 Å². The monoisotopic (exact) mass is 548 g/mol. The minimum absolute atomic E-state index is 0.105. The minimum atomic E-state index is -0.472. The van der Waals surface area contributed by atoms with Crippen LogP contribution in [0, 0.1) is 18.6 Å². The largest absolute Gasteiger partial charge is 0.507 e. The van der Waals surface area contributed by atoms with Crippen LogP contribution in [0.3, 0.4) is 0 Å². The van der Waals surface area contributed by atoms with E-state index in [4.69, 9.17) is 4.74 Å². The molecule has 202 valence electrons. The number of carbonyl (C=O) groups excluding carboxylic acids is 1. The van der Waals surface area contributed by atoms with Crippen molar-refractivity contribution in [3.8, 4) is 5.75 Å². The summed E-state index contributed by atoms with van der Waals surface area (Å²) in [4.78, 5) is 14.3. The predicted molar refractivity (Wildman–Crippen MR) is 151 cm³/mol. The number of nitrogens with zero attached hydrogens (tertiary/aromatic N) is 1. The molecule has 1 aliphatic heterocycles. The van der Waals surface area contributed by atoms with Gasteiger partial charge in [0.1, 0.15) is 17.4 Å². The van der Waals surface area contributed by atoms with Crippen LogP contribution in [0.25, 0.3) is 16.5 Å². The van der Waals surface area contributed by atoms with E-state index in [2.05, 4.69) is 11.4 Å². The van der Waals surface area contributed by atoms with Gasteiger partial charge in [-0.3, -0.25) is 0 Å². The van der Waals surface area contributed by atoms with Crippen LogP contribution in [0.1, 0.15) is 46.1 Å². The Morgan fingerprint density at radius 3 is 2.56 bits per heavy atom. The number of halogens is 2. The van der Waals surface area contributed by atoms with E-state index in [1.54, 1.807) is 31.2 Å². The van der Waals surface area contributed by atoms with Gasteiger partial charge in [0.2, 0.25) is 0 Å². The number of benzene rings is 3. The quantitative estimate of drug-likeness (QED) is 0.187. The van der Waals surface area contributed by atoms with Crippen molar-refractivity contribution in [2.45, 2.75) is 37.5 Å². The number of carbonyl (C=O) groups is 1. The van der Waals surface area contributed by atoms with Crippen LogP contribution < -0.4 is 5.32 Å². The van der Waals surface area contributed by atoms with E-state index < -0.39 is 5.97 Å². The van der Waals surface area contributed by atoms with Crippen molar-refractivity contribution >= 4 is 34.2 Å². The van der Waals surface area contributed by atoms with Crippen molar-refractivity contribution in [3.05, 3.63) is 100 Å². The Hall–Kier alpha value is -3.62. The summed E-state index contributed by atoms with van der Waals surface area (Å²) >= 11 is 1.50. The highest BCUT2D eigenvalue weighted by Gasteiger charge is 2.26. The number of thioether (sulfide) groups is 1. The predicted octanol–water partition coefficient (Wildman–Crippen LogP) is 6.83. The number of hydrogen-bond donors (Lipinski definition) is 2. The molecular formula is C31H30F2N2O3S. The molecule has 0 aliphatic carbocycles. The number of ether oxygens (including phenoxy) is 1. The maximum Gasteiger partial charge on any atom is 0.340 e. The minimum Gasteiger partial charge on any atom is -0.507 e. The summed E-state index contributed by atoms with van der Waals surface area (Å²) in [6, 6.07) is 14.5. The van der Waals surface area contributed by atoms with Crippen LogP contribution >= 0.6 is 11.8 Å². The van der Waals surface area contributed by atoms with E-state index in [9.17, 15) is 18.7 Å². The van der Waals surface area contributed by atoms with Crippen molar-refractivity contribution in [2.24, 2.45) is 0 Å². The molecule has 0 bridgehead atoms. The van der Waals surface area contributed by atoms with Crippen molar-refractivity contribution < 1.29 is 23.4 Å². The van der Waals surface area contributed by atoms with E-state index in [-0.39, 0.29) is 24.0 Å². The standard InChI is InChI=1S/C31H30F2N2O3S/c1-3-38-31(37)30-25-16-28(36)24(21-10-12-34-13-11-21)15-26(25)35(17-20-4-6-22(32)7-5-20)27(30)18-39-29-9-8-23(33)14-19(29)2/h4-10,14-16,34,36H,3,11-13,17-18H2,1-2H3. The number of hydrogen-bond acceptors (Lipinski definition) is 5. The van der Waals surface area contributed by atoms with Crippen LogP contribution in [0.4, 0.5) is 8.78 Å². The van der Waals surface area contributed by atoms with Crippen LogP contribution in [-0.2, 0) is 17.0 Å². The number of rotatable bonds is 8. The van der Waals surface area contributed by atoms with E-state index in [1.807, 2.05) is 17.6 Å². The number of esters is 1. The molecule has 0 spiro atoms. The molecule has 0 radical (unpaired) electrons. The molecule has 3 aromatic carbocycles. The number of nitrogens with one attached hydrogen (secondary N) is 1. The first-order chi connectivity index (χ1) is 18.9. The summed E-state index contributed by atoms with van der Waals surface area (Å²) < 4.78 is 34.9. The average Bonchev–Trinajstić information content (AvgIpc) is 3.21. The lowest BCUT2D eigenvalue weighted by molar-refractivity contribution is 0.0527. The first kappa shape index (κ1) is 27.0. The fourth-order valence-corrected chi connectivity index (χ4v) is 6.06. The molecule has 5 nitrogen and oxygen atoms in total. The molecule has 0 amide bonds. The second kappa shape index (κ2) is 11.6. The first-order valence-corrected chi connectivity index (χ1v) is 13.9. The second-order valence-corrected chi connectivity index (χ2v) is 10.5. The van der Waals surface area contributed by atoms with Gasteiger partial charge in [0, 0.05) is 40.4 Å². The van der Waals surface area contributed by atoms with Gasteiger partial charge in [0.25, 0.3) is 0 Å². The molecule has 39 heavy (non-hydrogen) atoms. The van der Waals surface area contributed by atoms with Gasteiger partial charge < -0.3 is 19.7 Å². The summed E-state index contributed by atoms with van der Waals surface area (Å²) in [5.41, 5.74) is 5.32. The Kier molecular flexibility index (Phi) is 8.04. The molecule has 0 atom stereocenters. The fourth-order valence-electron chi connectivity index (χ4n) is 5.02. The zero-order chi connectivity index (χ0) is 27.5. The molecule has 1 aliphatic rings. The third kappa shape index (κ3) is 5.72. The Labute approximate surface area is 230 Å². The van der Waals surface area contributed by atoms with Gasteiger partial charge >= 0.3 is 5.97 Å². The van der Waals surface area contributed by atoms with Crippen LogP contribution in [0.2, 0.25) is 0 Å². The fraction of sp³-hybridized carbons (Fsp3) is 0.258. The van der Waals surface area contributed by atoms with Gasteiger partial charge in [0.15, 0.2) is 0 Å². The SMILES string of the molecule is CCOC(=O)c1c(CSc2ccc(F)cc2C)n(Cc2ccc(F)cc2)c2cc(C3=CCNCC3)c(O)cc12. The number of aromatic nitrogens is 1. The topological polar surface area (TPSA) is 63.5 Å². The van der Waals surface area contributed by atoms with Crippen molar-refractivity contribution in [3.63, 3.8) is 0 Å². The van der Waals surface area contributed by atoms with Gasteiger partial charge in [-0.15, -0.1) is 11.8 Å². The number of fused-ring (bicyclic) bond motifs is 1. The molecule has 0 saturated heterocycles. The maximum atomic E-state index is 13.7. The smallest absolute Gasteiger partial charge is 0.340 e. The zero-order valence-corrected chi connectivity index (χ0v) is 22.7. The Bertz CT molecular complexity index is 1560. The molecule has 2 heterocycles. The Morgan fingerprint density at radius 2 is 1.87 bits per heavy atom. The summed E-state index contributed by atoms with van der Waals surface area (Å²) in [6.07, 6.45) is 2.84. The molecule has 1 aromatic heterocycles. The number of aromatic hydroxyl groups is 1. The molecule has 5 rings (SSSR count). The van der Waals surface area contributed by atoms with Gasteiger partial charge in [-0.25, -0.2) is 13.6 Å². The number of phenols is 1. The Morgan fingerprint density at radius 1 is 1.10 bits per heavy atom. The Balaban J connectivity index is 1.70. The maximum absolute atomic E-state index is 13.7. The lowest BCUT2D eigenvalue weighted by atomic mass is 9.97. The van der Waals surface area contributed by atoms with E-state index in [1.165, 1.54) is 36.0 Å². The molecule has 8 heteroatoms. The van der Waals surface area contributed by atoms with Gasteiger partial charge in [-0.2, -0.15) is 0 Å². The highest BCUT2D eigenvalue weighted by molar-refractivity contribution is 7.98. The molecule has 4 aromatic rings. The van der Waals surface area contributed by atoms with Crippen LogP contribution in [0.5, 0.6) is 5.75 Å². The molecule has 0 saturated carbocycles. The second-order valence-electron chi connectivity index (χ2n) is 9.52. The van der Waals surface area contributed by atoms with Gasteiger partial charge in [0.05, 0.1) is 17.7 Å². The molecule has 0 unspecified atom stereocenters. The third-order valence-electron chi connectivity index (χ3n) is 6.93. The summed E-state index contributed by atoms with van der Waals surface area (Å²) in [5.74, 6) is -0.589. The van der Waals surface area contributed by atoms with Crippen LogP contribution in [-0.4, -0.2) is 35.3 Å². The zero-order valence-electron chi connectivity index (χ0n) is 21.9. The van der Waals surface area contributed by atoms with Crippen molar-refractivity contribution in [1.82, 2.24) is 9.88 Å². The van der Waals surface area contributed by atoms with E-state index >= 15 is 0 Å². The lowest BCUT2D eigenvalue weighted by Gasteiger charge is -2.17. The van der Waals surface area contributed by atoms with Gasteiger partial charge in [-0.05, 0) is 86.0 Å². The highest BCUT2D eigenvalue weighted by atomic mass is 32.2. The highest BCUT2D eigenvalue weighted by Crippen LogP contribution is 2.39.